The quantitative estimate of drug-likeness (QED) is 0.797. The molecule has 2 rings (SSSR count). The fraction of sp³-hybridized carbons (Fsp3) is 0.929. The van der Waals surface area contributed by atoms with Crippen molar-refractivity contribution in [2.75, 3.05) is 32.4 Å². The number of likely N-dealkylation sites (N-methyl/N-ethyl adjacent to an activating group) is 1. The van der Waals surface area contributed by atoms with E-state index in [2.05, 4.69) is 5.32 Å². The molecule has 2 heterocycles. The van der Waals surface area contributed by atoms with Crippen molar-refractivity contribution in [2.45, 2.75) is 51.1 Å². The van der Waals surface area contributed by atoms with Gasteiger partial charge in [0, 0.05) is 25.7 Å². The van der Waals surface area contributed by atoms with Gasteiger partial charge in [0.1, 0.15) is 6.04 Å². The van der Waals surface area contributed by atoms with Crippen LogP contribution in [-0.4, -0.2) is 68.0 Å². The summed E-state index contributed by atoms with van der Waals surface area (Å²) in [6.45, 7) is 3.78. The van der Waals surface area contributed by atoms with Gasteiger partial charge in [0.05, 0.1) is 5.75 Å². The van der Waals surface area contributed by atoms with Gasteiger partial charge >= 0.3 is 0 Å². The lowest BCUT2D eigenvalue weighted by atomic mass is 10.0. The third-order valence-corrected chi connectivity index (χ3v) is 6.53. The maximum Gasteiger partial charge on any atom is 0.241 e. The molecule has 0 aliphatic carbocycles. The number of rotatable bonds is 5. The zero-order valence-electron chi connectivity index (χ0n) is 13.0. The van der Waals surface area contributed by atoms with E-state index in [9.17, 15) is 13.2 Å². The molecular formula is C14H27N3O3S. The second kappa shape index (κ2) is 7.07. The summed E-state index contributed by atoms with van der Waals surface area (Å²) in [5.41, 5.74) is 0. The number of likely N-dealkylation sites (tertiary alicyclic amines) is 1. The van der Waals surface area contributed by atoms with Crippen LogP contribution in [0.2, 0.25) is 0 Å². The highest BCUT2D eigenvalue weighted by atomic mass is 32.2. The van der Waals surface area contributed by atoms with Gasteiger partial charge in [0.15, 0.2) is 0 Å². The fourth-order valence-corrected chi connectivity index (χ4v) is 5.06. The minimum Gasteiger partial charge on any atom is -0.340 e. The molecular weight excluding hydrogens is 290 g/mol. The van der Waals surface area contributed by atoms with Crippen molar-refractivity contribution in [3.8, 4) is 0 Å². The van der Waals surface area contributed by atoms with Crippen LogP contribution in [0.5, 0.6) is 0 Å². The Morgan fingerprint density at radius 3 is 2.62 bits per heavy atom. The Labute approximate surface area is 127 Å². The highest BCUT2D eigenvalue weighted by molar-refractivity contribution is 7.89. The number of sulfonamides is 1. The Bertz CT molecular complexity index is 466. The molecule has 122 valence electrons. The van der Waals surface area contributed by atoms with Gasteiger partial charge < -0.3 is 10.2 Å². The van der Waals surface area contributed by atoms with E-state index in [0.717, 1.165) is 25.8 Å². The first-order valence-electron chi connectivity index (χ1n) is 7.95. The predicted molar refractivity (Wildman–Crippen MR) is 82.5 cm³/mol. The molecule has 0 aromatic rings. The number of nitrogens with zero attached hydrogens (tertiary/aromatic N) is 2. The molecule has 0 saturated carbocycles. The molecule has 2 aliphatic heterocycles. The molecule has 0 aromatic heterocycles. The lowest BCUT2D eigenvalue weighted by Gasteiger charge is -2.35. The van der Waals surface area contributed by atoms with Crippen molar-refractivity contribution in [3.63, 3.8) is 0 Å². The Hall–Kier alpha value is -0.660. The number of carbonyl (C=O) groups is 1. The Morgan fingerprint density at radius 2 is 1.95 bits per heavy atom. The molecule has 2 saturated heterocycles. The maximum atomic E-state index is 12.7. The van der Waals surface area contributed by atoms with Crippen LogP contribution in [0.25, 0.3) is 0 Å². The number of piperidine rings is 1. The molecule has 0 aromatic carbocycles. The first-order chi connectivity index (χ1) is 9.99. The smallest absolute Gasteiger partial charge is 0.241 e. The second-order valence-electron chi connectivity index (χ2n) is 6.00. The van der Waals surface area contributed by atoms with Crippen molar-refractivity contribution >= 4 is 15.9 Å². The molecule has 2 fully saturated rings. The maximum absolute atomic E-state index is 12.7. The van der Waals surface area contributed by atoms with E-state index in [0.29, 0.717) is 32.0 Å². The van der Waals surface area contributed by atoms with E-state index >= 15 is 0 Å². The summed E-state index contributed by atoms with van der Waals surface area (Å²) in [4.78, 5) is 14.6. The van der Waals surface area contributed by atoms with Crippen LogP contribution in [0, 0.1) is 0 Å². The Kier molecular flexibility index (Phi) is 5.62. The molecule has 2 aliphatic rings. The minimum atomic E-state index is -3.29. The lowest BCUT2D eigenvalue weighted by molar-refractivity contribution is -0.136. The predicted octanol–water partition coefficient (Wildman–Crippen LogP) is 0.401. The molecule has 6 nitrogen and oxygen atoms in total. The van der Waals surface area contributed by atoms with Crippen molar-refractivity contribution in [1.82, 2.24) is 14.5 Å². The van der Waals surface area contributed by atoms with Crippen LogP contribution in [-0.2, 0) is 14.8 Å². The molecule has 0 bridgehead atoms. The summed E-state index contributed by atoms with van der Waals surface area (Å²) in [7, 11) is -1.38. The first-order valence-corrected chi connectivity index (χ1v) is 9.56. The largest absolute Gasteiger partial charge is 0.340 e. The molecule has 0 radical (unpaired) electrons. The Balaban J connectivity index is 2.07. The third kappa shape index (κ3) is 3.76. The average Bonchev–Trinajstić information content (AvgIpc) is 2.97. The summed E-state index contributed by atoms with van der Waals surface area (Å²) in [5, 5.41) is 3.22. The summed E-state index contributed by atoms with van der Waals surface area (Å²) < 4.78 is 26.0. The summed E-state index contributed by atoms with van der Waals surface area (Å²) in [6, 6.07) is -0.151. The molecule has 1 amide bonds. The van der Waals surface area contributed by atoms with Gasteiger partial charge in [-0.15, -0.1) is 0 Å². The number of hydrogen-bond acceptors (Lipinski definition) is 4. The van der Waals surface area contributed by atoms with Crippen molar-refractivity contribution < 1.29 is 13.2 Å². The van der Waals surface area contributed by atoms with Gasteiger partial charge in [0.25, 0.3) is 0 Å². The topological polar surface area (TPSA) is 69.7 Å². The third-order valence-electron chi connectivity index (χ3n) is 4.45. The van der Waals surface area contributed by atoms with Crippen LogP contribution in [0.15, 0.2) is 0 Å². The molecule has 7 heteroatoms. The number of carbonyl (C=O) groups excluding carboxylic acids is 1. The van der Waals surface area contributed by atoms with Gasteiger partial charge in [0.2, 0.25) is 15.9 Å². The zero-order valence-corrected chi connectivity index (χ0v) is 13.9. The van der Waals surface area contributed by atoms with E-state index in [4.69, 9.17) is 0 Å². The standard InChI is InChI=1S/C14H27N3O3S/c1-3-10-21(19,20)17-9-5-7-13(17)14(18)16-8-4-6-12(11-16)15-2/h12-13,15H,3-11H2,1-2H3. The lowest BCUT2D eigenvalue weighted by Crippen LogP contribution is -2.53. The van der Waals surface area contributed by atoms with Crippen LogP contribution in [0.3, 0.4) is 0 Å². The summed E-state index contributed by atoms with van der Waals surface area (Å²) in [6.07, 6.45) is 4.07. The van der Waals surface area contributed by atoms with Crippen LogP contribution in [0.1, 0.15) is 39.0 Å². The van der Waals surface area contributed by atoms with Gasteiger partial charge in [-0.25, -0.2) is 8.42 Å². The van der Waals surface area contributed by atoms with Crippen molar-refractivity contribution in [2.24, 2.45) is 0 Å². The van der Waals surface area contributed by atoms with Crippen LogP contribution in [0.4, 0.5) is 0 Å². The molecule has 0 spiro atoms. The summed E-state index contributed by atoms with van der Waals surface area (Å²) >= 11 is 0. The highest BCUT2D eigenvalue weighted by Gasteiger charge is 2.40. The normalized spacial score (nSPS) is 28.0. The number of nitrogens with one attached hydrogen (secondary N) is 1. The molecule has 21 heavy (non-hydrogen) atoms. The van der Waals surface area contributed by atoms with E-state index in [-0.39, 0.29) is 11.7 Å². The second-order valence-corrected chi connectivity index (χ2v) is 8.04. The molecule has 2 atom stereocenters. The van der Waals surface area contributed by atoms with E-state index in [1.165, 1.54) is 4.31 Å². The summed E-state index contributed by atoms with van der Waals surface area (Å²) in [5.74, 6) is 0.128. The monoisotopic (exact) mass is 317 g/mol. The fourth-order valence-electron chi connectivity index (χ4n) is 3.32. The van der Waals surface area contributed by atoms with Crippen molar-refractivity contribution in [3.05, 3.63) is 0 Å². The van der Waals surface area contributed by atoms with Crippen LogP contribution < -0.4 is 5.32 Å². The first kappa shape index (κ1) is 16.7. The van der Waals surface area contributed by atoms with E-state index in [1.54, 1.807) is 0 Å². The van der Waals surface area contributed by atoms with Gasteiger partial charge in [-0.2, -0.15) is 4.31 Å². The van der Waals surface area contributed by atoms with Gasteiger partial charge in [-0.3, -0.25) is 4.79 Å². The average molecular weight is 317 g/mol. The Morgan fingerprint density at radius 1 is 1.24 bits per heavy atom. The highest BCUT2D eigenvalue weighted by Crippen LogP contribution is 2.24. The van der Waals surface area contributed by atoms with E-state index < -0.39 is 16.1 Å². The number of hydrogen-bond donors (Lipinski definition) is 1. The van der Waals surface area contributed by atoms with Gasteiger partial charge in [-0.1, -0.05) is 6.92 Å². The van der Waals surface area contributed by atoms with Gasteiger partial charge in [-0.05, 0) is 39.2 Å². The van der Waals surface area contributed by atoms with Crippen LogP contribution >= 0.6 is 0 Å². The number of amides is 1. The SMILES string of the molecule is CCCS(=O)(=O)N1CCCC1C(=O)N1CCCC(NC)C1. The molecule has 1 N–H and O–H groups in total. The van der Waals surface area contributed by atoms with Crippen molar-refractivity contribution in [1.29, 1.82) is 0 Å². The minimum absolute atomic E-state index is 0.00729. The molecule has 2 unspecified atom stereocenters. The zero-order chi connectivity index (χ0) is 15.5. The van der Waals surface area contributed by atoms with E-state index in [1.807, 2.05) is 18.9 Å².